The summed E-state index contributed by atoms with van der Waals surface area (Å²) in [4.78, 5) is 0. The van der Waals surface area contributed by atoms with Crippen molar-refractivity contribution in [2.75, 3.05) is 20.2 Å². The first-order chi connectivity index (χ1) is 8.43. The minimum Gasteiger partial charge on any atom is -0.496 e. The smallest absolute Gasteiger partial charge is 0.274 e. The fourth-order valence-electron chi connectivity index (χ4n) is 2.48. The predicted molar refractivity (Wildman–Crippen MR) is 67.6 cm³/mol. The zero-order chi connectivity index (χ0) is 13.3. The second-order valence-corrected chi connectivity index (χ2v) is 4.99. The molecular weight excluding hydrogens is 236 g/mol. The zero-order valence-electron chi connectivity index (χ0n) is 11.0. The molecule has 2 nitrogen and oxygen atoms in total. The Hall–Kier alpha value is -1.16. The second-order valence-electron chi connectivity index (χ2n) is 4.99. The van der Waals surface area contributed by atoms with Crippen molar-refractivity contribution in [3.63, 3.8) is 0 Å². The number of rotatable bonds is 2. The van der Waals surface area contributed by atoms with E-state index in [1.165, 1.54) is 7.11 Å². The van der Waals surface area contributed by atoms with Crippen LogP contribution in [0.25, 0.3) is 0 Å². The minimum atomic E-state index is -2.88. The number of alkyl halides is 2. The van der Waals surface area contributed by atoms with E-state index in [2.05, 4.69) is 12.2 Å². The van der Waals surface area contributed by atoms with Gasteiger partial charge >= 0.3 is 0 Å². The van der Waals surface area contributed by atoms with Gasteiger partial charge in [0.1, 0.15) is 5.75 Å². The molecule has 2 rings (SSSR count). The van der Waals surface area contributed by atoms with Crippen LogP contribution in [-0.2, 0) is 12.3 Å². The van der Waals surface area contributed by atoms with Crippen molar-refractivity contribution in [1.82, 2.24) is 5.32 Å². The van der Waals surface area contributed by atoms with Gasteiger partial charge in [0.2, 0.25) is 0 Å². The van der Waals surface area contributed by atoms with Crippen molar-refractivity contribution >= 4 is 0 Å². The third kappa shape index (κ3) is 2.48. The molecule has 0 spiro atoms. The summed E-state index contributed by atoms with van der Waals surface area (Å²) in [5.74, 6) is -2.34. The van der Waals surface area contributed by atoms with Gasteiger partial charge in [-0.25, -0.2) is 8.78 Å². The van der Waals surface area contributed by atoms with Gasteiger partial charge in [0.05, 0.1) is 12.7 Å². The number of ether oxygens (including phenoxy) is 1. The van der Waals surface area contributed by atoms with E-state index in [0.717, 1.165) is 37.6 Å². The Morgan fingerprint density at radius 1 is 1.39 bits per heavy atom. The number of benzene rings is 1. The average molecular weight is 255 g/mol. The Bertz CT molecular complexity index is 440. The monoisotopic (exact) mass is 255 g/mol. The lowest BCUT2D eigenvalue weighted by Gasteiger charge is -2.20. The van der Waals surface area contributed by atoms with Gasteiger partial charge in [-0.05, 0) is 42.1 Å². The van der Waals surface area contributed by atoms with E-state index in [4.69, 9.17) is 4.74 Å². The van der Waals surface area contributed by atoms with Gasteiger partial charge in [-0.15, -0.1) is 0 Å². The molecule has 4 heteroatoms. The van der Waals surface area contributed by atoms with Crippen molar-refractivity contribution in [2.24, 2.45) is 0 Å². The third-order valence-corrected chi connectivity index (χ3v) is 3.49. The van der Waals surface area contributed by atoms with E-state index in [9.17, 15) is 8.78 Å². The molecule has 0 bridgehead atoms. The molecular formula is C14H19F2NO. The summed E-state index contributed by atoms with van der Waals surface area (Å²) >= 11 is 0. The highest BCUT2D eigenvalue weighted by atomic mass is 19.3. The maximum absolute atomic E-state index is 13.6. The van der Waals surface area contributed by atoms with Crippen LogP contribution in [0, 0.1) is 0 Å². The molecule has 1 aliphatic rings. The van der Waals surface area contributed by atoms with E-state index in [0.29, 0.717) is 0 Å². The molecule has 0 fully saturated rings. The number of methoxy groups -OCH3 is 1. The fourth-order valence-corrected chi connectivity index (χ4v) is 2.48. The fraction of sp³-hybridized carbons (Fsp3) is 0.571. The van der Waals surface area contributed by atoms with Crippen molar-refractivity contribution in [3.05, 3.63) is 28.8 Å². The van der Waals surface area contributed by atoms with Crippen LogP contribution in [0.2, 0.25) is 0 Å². The van der Waals surface area contributed by atoms with Gasteiger partial charge in [0, 0.05) is 13.5 Å². The van der Waals surface area contributed by atoms with E-state index in [-0.39, 0.29) is 17.2 Å². The molecule has 1 aromatic carbocycles. The molecule has 100 valence electrons. The van der Waals surface area contributed by atoms with Crippen molar-refractivity contribution < 1.29 is 13.5 Å². The van der Waals surface area contributed by atoms with Crippen LogP contribution in [0.1, 0.15) is 36.5 Å². The number of nitrogens with one attached hydrogen (secondary N) is 1. The molecule has 0 saturated carbocycles. The van der Waals surface area contributed by atoms with Crippen LogP contribution in [-0.4, -0.2) is 20.2 Å². The van der Waals surface area contributed by atoms with E-state index >= 15 is 0 Å². The summed E-state index contributed by atoms with van der Waals surface area (Å²) in [7, 11) is 1.44. The van der Waals surface area contributed by atoms with Crippen LogP contribution in [0.15, 0.2) is 12.1 Å². The molecule has 1 unspecified atom stereocenters. The first-order valence-electron chi connectivity index (χ1n) is 6.23. The Labute approximate surface area is 106 Å². The maximum Gasteiger partial charge on any atom is 0.274 e. The van der Waals surface area contributed by atoms with Crippen molar-refractivity contribution in [1.29, 1.82) is 0 Å². The molecule has 0 radical (unpaired) electrons. The lowest BCUT2D eigenvalue weighted by Crippen LogP contribution is -2.18. The quantitative estimate of drug-likeness (QED) is 0.877. The topological polar surface area (TPSA) is 21.3 Å². The maximum atomic E-state index is 13.6. The first kappa shape index (κ1) is 13.3. The van der Waals surface area contributed by atoms with E-state index in [1.807, 2.05) is 0 Å². The summed E-state index contributed by atoms with van der Waals surface area (Å²) < 4.78 is 32.3. The number of hydrogen-bond donors (Lipinski definition) is 1. The van der Waals surface area contributed by atoms with Crippen LogP contribution in [0.3, 0.4) is 0 Å². The molecule has 1 N–H and O–H groups in total. The molecule has 0 amide bonds. The van der Waals surface area contributed by atoms with Crippen LogP contribution < -0.4 is 10.1 Å². The second kappa shape index (κ2) is 4.84. The molecule has 18 heavy (non-hydrogen) atoms. The van der Waals surface area contributed by atoms with Gasteiger partial charge in [-0.2, -0.15) is 0 Å². The summed E-state index contributed by atoms with van der Waals surface area (Å²) in [5, 5.41) is 3.31. The Morgan fingerprint density at radius 2 is 2.11 bits per heavy atom. The Morgan fingerprint density at radius 3 is 2.72 bits per heavy atom. The Kier molecular flexibility index (Phi) is 3.57. The summed E-state index contributed by atoms with van der Waals surface area (Å²) in [6, 6.07) is 3.39. The molecule has 0 aliphatic carbocycles. The first-order valence-corrected chi connectivity index (χ1v) is 6.23. The van der Waals surface area contributed by atoms with Gasteiger partial charge in [0.15, 0.2) is 0 Å². The predicted octanol–water partition coefficient (Wildman–Crippen LogP) is 3.06. The zero-order valence-corrected chi connectivity index (χ0v) is 11.0. The SMILES string of the molecule is COc1cc2c(cc1C(C)(F)F)C(C)CNCC2. The van der Waals surface area contributed by atoms with Crippen molar-refractivity contribution in [2.45, 2.75) is 32.1 Å². The van der Waals surface area contributed by atoms with E-state index in [1.54, 1.807) is 12.1 Å². The van der Waals surface area contributed by atoms with Crippen LogP contribution >= 0.6 is 0 Å². The standard InChI is InChI=1S/C14H19F2NO/c1-9-8-17-5-4-10-6-13(18-3)12(7-11(9)10)14(2,15)16/h6-7,9,17H,4-5,8H2,1-3H3. The number of hydrogen-bond acceptors (Lipinski definition) is 2. The molecule has 1 aliphatic heterocycles. The molecule has 1 heterocycles. The average Bonchev–Trinajstić information content (AvgIpc) is 2.48. The molecule has 0 aromatic heterocycles. The van der Waals surface area contributed by atoms with Gasteiger partial charge in [-0.1, -0.05) is 6.92 Å². The molecule has 1 atom stereocenters. The minimum absolute atomic E-state index is 0.0162. The van der Waals surface area contributed by atoms with E-state index < -0.39 is 5.92 Å². The van der Waals surface area contributed by atoms with Crippen LogP contribution in [0.4, 0.5) is 8.78 Å². The summed E-state index contributed by atoms with van der Waals surface area (Å²) in [6.45, 7) is 4.68. The molecule has 0 saturated heterocycles. The summed E-state index contributed by atoms with van der Waals surface area (Å²) in [5.41, 5.74) is 2.10. The molecule has 1 aromatic rings. The lowest BCUT2D eigenvalue weighted by atomic mass is 9.91. The van der Waals surface area contributed by atoms with Gasteiger partial charge < -0.3 is 10.1 Å². The third-order valence-electron chi connectivity index (χ3n) is 3.49. The Balaban J connectivity index is 2.56. The van der Waals surface area contributed by atoms with Gasteiger partial charge in [-0.3, -0.25) is 0 Å². The van der Waals surface area contributed by atoms with Crippen LogP contribution in [0.5, 0.6) is 5.75 Å². The number of halogens is 2. The van der Waals surface area contributed by atoms with Gasteiger partial charge in [0.25, 0.3) is 5.92 Å². The highest BCUT2D eigenvalue weighted by molar-refractivity contribution is 5.46. The largest absolute Gasteiger partial charge is 0.496 e. The highest BCUT2D eigenvalue weighted by Gasteiger charge is 2.30. The highest BCUT2D eigenvalue weighted by Crippen LogP contribution is 2.38. The lowest BCUT2D eigenvalue weighted by molar-refractivity contribution is 0.0149. The van der Waals surface area contributed by atoms with Crippen molar-refractivity contribution in [3.8, 4) is 5.75 Å². The summed E-state index contributed by atoms with van der Waals surface area (Å²) in [6.07, 6.45) is 0.853. The number of fused-ring (bicyclic) bond motifs is 1. The normalized spacial score (nSPS) is 20.2.